The molecule has 334 valence electrons. The third-order valence-corrected chi connectivity index (χ3v) is 15.0. The molecule has 2 saturated carbocycles. The predicted octanol–water partition coefficient (Wildman–Crippen LogP) is 6.92. The van der Waals surface area contributed by atoms with Gasteiger partial charge in [0.2, 0.25) is 33.6 Å². The van der Waals surface area contributed by atoms with Gasteiger partial charge < -0.3 is 19.3 Å². The Hall–Kier alpha value is -4.77. The van der Waals surface area contributed by atoms with E-state index in [0.717, 1.165) is 0 Å². The molecule has 2 aromatic heterocycles. The molecule has 2 saturated heterocycles. The summed E-state index contributed by atoms with van der Waals surface area (Å²) in [5.41, 5.74) is -1.31. The highest BCUT2D eigenvalue weighted by atomic mass is 35.5. The summed E-state index contributed by atoms with van der Waals surface area (Å²) in [5.74, 6) is -4.79. The molecule has 1 aromatic carbocycles. The molecular weight excluding hydrogens is 851 g/mol. The number of pyridine rings is 2. The van der Waals surface area contributed by atoms with Crippen molar-refractivity contribution in [1.29, 1.82) is 0 Å². The number of ether oxygens (including phenoxy) is 2. The molecular formula is C44H51ClF3N5O8S. The number of fused-ring (bicyclic) bond motifs is 1. The highest BCUT2D eigenvalue weighted by molar-refractivity contribution is 7.90. The minimum Gasteiger partial charge on any atom is -0.495 e. The third-order valence-electron chi connectivity index (χ3n) is 12.8. The molecule has 2 aliphatic carbocycles. The minimum atomic E-state index is -4.37. The molecule has 3 amide bonds. The molecule has 5 atom stereocenters. The highest BCUT2D eigenvalue weighted by Crippen LogP contribution is 2.57. The van der Waals surface area contributed by atoms with Crippen LogP contribution in [0.3, 0.4) is 0 Å². The quantitative estimate of drug-likeness (QED) is 0.168. The predicted molar refractivity (Wildman–Crippen MR) is 224 cm³/mol. The number of benzene rings is 1. The van der Waals surface area contributed by atoms with Crippen molar-refractivity contribution in [3.8, 4) is 23.0 Å². The molecule has 3 aromatic rings. The van der Waals surface area contributed by atoms with Crippen LogP contribution in [-0.2, 0) is 29.2 Å². The Morgan fingerprint density at radius 2 is 1.76 bits per heavy atom. The molecule has 0 spiro atoms. The van der Waals surface area contributed by atoms with Crippen LogP contribution in [0.25, 0.3) is 22.2 Å². The van der Waals surface area contributed by atoms with Gasteiger partial charge in [0.05, 0.1) is 58.6 Å². The average molecular weight is 902 g/mol. The Morgan fingerprint density at radius 3 is 2.34 bits per heavy atom. The number of sulfonamides is 1. The van der Waals surface area contributed by atoms with Crippen LogP contribution < -0.4 is 14.2 Å². The van der Waals surface area contributed by atoms with Crippen LogP contribution in [0, 0.1) is 28.6 Å². The smallest absolute Gasteiger partial charge is 0.391 e. The maximum absolute atomic E-state index is 14.9. The molecule has 7 rings (SSSR count). The number of nitrogens with zero attached hydrogens (tertiary/aromatic N) is 4. The second-order valence-electron chi connectivity index (χ2n) is 18.0. The molecule has 4 fully saturated rings. The van der Waals surface area contributed by atoms with E-state index in [2.05, 4.69) is 16.3 Å². The van der Waals surface area contributed by atoms with E-state index in [9.17, 15) is 40.8 Å². The van der Waals surface area contributed by atoms with Gasteiger partial charge in [0.15, 0.2) is 5.78 Å². The Kier molecular flexibility index (Phi) is 12.5. The fourth-order valence-electron chi connectivity index (χ4n) is 8.75. The fourth-order valence-corrected chi connectivity index (χ4v) is 10.4. The number of likely N-dealkylation sites (tertiary alicyclic amines) is 2. The number of allylic oxidation sites excluding steroid dienone is 1. The standard InChI is InChI=1S/C44H51ClF3N5O8S/c1-6-25-22-43(25,41(57)51-62(58,59)28-10-11-28)23-35(54)34-19-27(61-39-29-12-13-36(60-5)38(45)30(29)20-33(50-39)32-9-7-8-16-49-32)24-53(34)40(56)31(42(2,3)4)21-37(55)52-17-14-26(15-18-52)44(46,47)48/h6-9,12-13,16,20,25-28,31,34H,1,10-11,14-15,17-19,21-24H2,2-5H3,(H,51,57)/t25-,27-,31-,34+,43?/m1/s1. The summed E-state index contributed by atoms with van der Waals surface area (Å²) in [4.78, 5) is 69.1. The number of piperidine rings is 1. The maximum atomic E-state index is 14.9. The van der Waals surface area contributed by atoms with Crippen molar-refractivity contribution in [1.82, 2.24) is 24.5 Å². The first-order valence-corrected chi connectivity index (χ1v) is 22.7. The lowest BCUT2D eigenvalue weighted by Gasteiger charge is -2.37. The second-order valence-corrected chi connectivity index (χ2v) is 20.4. The van der Waals surface area contributed by atoms with Crippen LogP contribution in [0.15, 0.2) is 55.3 Å². The average Bonchev–Trinajstić information content (AvgIpc) is 4.16. The number of aromatic nitrogens is 2. The number of ketones is 1. The van der Waals surface area contributed by atoms with Crippen molar-refractivity contribution < 1.29 is 50.2 Å². The van der Waals surface area contributed by atoms with Gasteiger partial charge in [-0.05, 0) is 73.8 Å². The zero-order chi connectivity index (χ0) is 44.9. The Bertz CT molecular complexity index is 2370. The molecule has 0 bridgehead atoms. The van der Waals surface area contributed by atoms with E-state index in [1.165, 1.54) is 23.0 Å². The van der Waals surface area contributed by atoms with Gasteiger partial charge >= 0.3 is 6.18 Å². The number of methoxy groups -OCH3 is 1. The molecule has 4 aliphatic rings. The zero-order valence-electron chi connectivity index (χ0n) is 35.0. The Balaban J connectivity index is 1.21. The molecule has 4 heterocycles. The van der Waals surface area contributed by atoms with Gasteiger partial charge in [0, 0.05) is 49.3 Å². The first kappa shape index (κ1) is 45.3. The van der Waals surface area contributed by atoms with E-state index in [-0.39, 0.29) is 57.6 Å². The number of rotatable bonds is 14. The molecule has 2 aliphatic heterocycles. The second kappa shape index (κ2) is 17.1. The summed E-state index contributed by atoms with van der Waals surface area (Å²) >= 11 is 6.81. The number of carbonyl (C=O) groups excluding carboxylic acids is 4. The van der Waals surface area contributed by atoms with E-state index >= 15 is 0 Å². The van der Waals surface area contributed by atoms with Crippen molar-refractivity contribution >= 4 is 55.9 Å². The minimum absolute atomic E-state index is 0.0436. The number of alkyl halides is 3. The van der Waals surface area contributed by atoms with E-state index in [0.29, 0.717) is 45.8 Å². The summed E-state index contributed by atoms with van der Waals surface area (Å²) in [6.45, 7) is 8.79. The van der Waals surface area contributed by atoms with Gasteiger partial charge in [-0.3, -0.25) is 28.9 Å². The molecule has 1 N–H and O–H groups in total. The largest absolute Gasteiger partial charge is 0.495 e. The van der Waals surface area contributed by atoms with Crippen LogP contribution in [0.2, 0.25) is 5.02 Å². The summed E-state index contributed by atoms with van der Waals surface area (Å²) in [7, 11) is -2.46. The monoisotopic (exact) mass is 901 g/mol. The summed E-state index contributed by atoms with van der Waals surface area (Å²) < 4.78 is 80.3. The zero-order valence-corrected chi connectivity index (χ0v) is 36.6. The van der Waals surface area contributed by atoms with E-state index in [4.69, 9.17) is 26.1 Å². The Labute approximate surface area is 363 Å². The maximum Gasteiger partial charge on any atom is 0.391 e. The number of Topliss-reactive ketones (excluding diaryl/α,β-unsaturated/α-hetero) is 1. The highest BCUT2D eigenvalue weighted by Gasteiger charge is 2.61. The topological polar surface area (TPSA) is 165 Å². The number of amides is 3. The lowest BCUT2D eigenvalue weighted by molar-refractivity contribution is -0.186. The van der Waals surface area contributed by atoms with Crippen LogP contribution in [0.1, 0.15) is 72.1 Å². The van der Waals surface area contributed by atoms with Gasteiger partial charge in [0.25, 0.3) is 0 Å². The van der Waals surface area contributed by atoms with Crippen LogP contribution in [0.5, 0.6) is 11.6 Å². The first-order valence-electron chi connectivity index (χ1n) is 20.8. The van der Waals surface area contributed by atoms with Crippen LogP contribution >= 0.6 is 11.6 Å². The van der Waals surface area contributed by atoms with Crippen molar-refractivity contribution in [3.63, 3.8) is 0 Å². The van der Waals surface area contributed by atoms with Crippen molar-refractivity contribution in [2.24, 2.45) is 28.6 Å². The lowest BCUT2D eigenvalue weighted by Crippen LogP contribution is -2.50. The van der Waals surface area contributed by atoms with E-state index in [1.54, 1.807) is 63.4 Å². The molecule has 13 nitrogen and oxygen atoms in total. The first-order chi connectivity index (χ1) is 29.2. The third kappa shape index (κ3) is 9.29. The molecule has 1 unspecified atom stereocenters. The molecule has 18 heteroatoms. The number of carbonyl (C=O) groups is 4. The van der Waals surface area contributed by atoms with Crippen molar-refractivity contribution in [2.45, 2.75) is 95.7 Å². The summed E-state index contributed by atoms with van der Waals surface area (Å²) in [5, 5.41) is 0.666. The van der Waals surface area contributed by atoms with Gasteiger partial charge in [-0.2, -0.15) is 13.2 Å². The van der Waals surface area contributed by atoms with Gasteiger partial charge in [0.1, 0.15) is 11.9 Å². The normalized spacial score (nSPS) is 23.8. The van der Waals surface area contributed by atoms with Crippen LogP contribution in [-0.4, -0.2) is 102 Å². The lowest BCUT2D eigenvalue weighted by atomic mass is 9.77. The van der Waals surface area contributed by atoms with Crippen molar-refractivity contribution in [2.75, 3.05) is 26.7 Å². The number of nitrogens with one attached hydrogen (secondary N) is 1. The molecule has 0 radical (unpaired) electrons. The fraction of sp³-hybridized carbons (Fsp3) is 0.545. The number of halogens is 4. The van der Waals surface area contributed by atoms with Crippen molar-refractivity contribution in [3.05, 3.63) is 60.3 Å². The summed E-state index contributed by atoms with van der Waals surface area (Å²) in [6.07, 6.45) is -2.29. The van der Waals surface area contributed by atoms with Crippen LogP contribution in [0.4, 0.5) is 13.2 Å². The van der Waals surface area contributed by atoms with Gasteiger partial charge in [-0.25, -0.2) is 13.4 Å². The molecule has 62 heavy (non-hydrogen) atoms. The Morgan fingerprint density at radius 1 is 1.05 bits per heavy atom. The van der Waals surface area contributed by atoms with E-state index < -0.39 is 92.1 Å². The van der Waals surface area contributed by atoms with Gasteiger partial charge in [-0.15, -0.1) is 6.58 Å². The summed E-state index contributed by atoms with van der Waals surface area (Å²) in [6, 6.07) is 9.29. The number of hydrogen-bond donors (Lipinski definition) is 1. The van der Waals surface area contributed by atoms with E-state index in [1.807, 2.05) is 0 Å². The van der Waals surface area contributed by atoms with Gasteiger partial charge in [-0.1, -0.05) is 44.5 Å². The number of hydrogen-bond acceptors (Lipinski definition) is 10. The SMILES string of the molecule is C=C[C@@H]1CC1(CC(=O)[C@@H]1C[C@@H](Oc2nc(-c3ccccn3)cc3c(Cl)c(OC)ccc23)CN1C(=O)[C@@H](CC(=O)N1CCC(C(F)(F)F)CC1)C(C)(C)C)C(=O)NS(=O)(=O)C1CC1.